The highest BCUT2D eigenvalue weighted by Crippen LogP contribution is 2.34. The van der Waals surface area contributed by atoms with Crippen molar-refractivity contribution in [1.82, 2.24) is 20.0 Å². The number of likely N-dealkylation sites (tertiary alicyclic amines) is 1. The fourth-order valence-corrected chi connectivity index (χ4v) is 4.52. The van der Waals surface area contributed by atoms with Gasteiger partial charge in [-0.2, -0.15) is 5.10 Å². The Balaban J connectivity index is 1.36. The van der Waals surface area contributed by atoms with Crippen molar-refractivity contribution in [1.29, 1.82) is 0 Å². The van der Waals surface area contributed by atoms with Crippen molar-refractivity contribution in [2.45, 2.75) is 24.9 Å². The lowest BCUT2D eigenvalue weighted by Gasteiger charge is -2.36. The maximum atomic E-state index is 13.1. The molecule has 3 atom stereocenters. The van der Waals surface area contributed by atoms with E-state index in [-0.39, 0.29) is 29.5 Å². The van der Waals surface area contributed by atoms with Crippen LogP contribution in [0.3, 0.4) is 0 Å². The number of benzene rings is 1. The fraction of sp³-hybridized carbons (Fsp3) is 0.524. The third-order valence-corrected chi connectivity index (χ3v) is 6.19. The number of aliphatic hydroxyl groups excluding tert-OH is 1. The molecule has 6 nitrogen and oxygen atoms in total. The van der Waals surface area contributed by atoms with Crippen LogP contribution in [0.5, 0.6) is 0 Å². The number of halogens is 1. The molecule has 7 heteroatoms. The summed E-state index contributed by atoms with van der Waals surface area (Å²) in [5.74, 6) is 0.0649. The van der Waals surface area contributed by atoms with Gasteiger partial charge < -0.3 is 15.3 Å². The van der Waals surface area contributed by atoms with Crippen LogP contribution in [0, 0.1) is 17.7 Å². The van der Waals surface area contributed by atoms with Gasteiger partial charge in [-0.3, -0.25) is 9.48 Å². The zero-order valence-electron chi connectivity index (χ0n) is 16.1. The van der Waals surface area contributed by atoms with Gasteiger partial charge in [0.05, 0.1) is 18.2 Å². The molecule has 0 radical (unpaired) electrons. The zero-order chi connectivity index (χ0) is 19.7. The van der Waals surface area contributed by atoms with Gasteiger partial charge in [-0.1, -0.05) is 12.1 Å². The number of piperidine rings is 1. The average molecular weight is 386 g/mol. The Morgan fingerprint density at radius 2 is 1.96 bits per heavy atom. The number of nitrogens with zero attached hydrogens (tertiary/aromatic N) is 3. The lowest BCUT2D eigenvalue weighted by atomic mass is 9.85. The van der Waals surface area contributed by atoms with E-state index in [9.17, 15) is 14.3 Å². The molecular weight excluding hydrogens is 359 g/mol. The van der Waals surface area contributed by atoms with Crippen molar-refractivity contribution in [2.75, 3.05) is 26.2 Å². The maximum Gasteiger partial charge on any atom is 0.227 e. The monoisotopic (exact) mass is 386 g/mol. The number of hydrogen-bond donors (Lipinski definition) is 2. The molecule has 2 aliphatic heterocycles. The van der Waals surface area contributed by atoms with Crippen LogP contribution in [-0.2, 0) is 11.8 Å². The Morgan fingerprint density at radius 3 is 2.61 bits per heavy atom. The molecular formula is C21H27FN4O2. The summed E-state index contributed by atoms with van der Waals surface area (Å²) >= 11 is 0. The summed E-state index contributed by atoms with van der Waals surface area (Å²) in [6.45, 7) is 2.79. The molecule has 0 saturated carbocycles. The molecule has 2 aromatic rings. The lowest BCUT2D eigenvalue weighted by Crippen LogP contribution is -2.44. The second-order valence-electron chi connectivity index (χ2n) is 7.98. The molecule has 2 saturated heterocycles. The summed E-state index contributed by atoms with van der Waals surface area (Å²) < 4.78 is 14.9. The van der Waals surface area contributed by atoms with Gasteiger partial charge in [0.15, 0.2) is 0 Å². The van der Waals surface area contributed by atoms with E-state index >= 15 is 0 Å². The third-order valence-electron chi connectivity index (χ3n) is 6.19. The van der Waals surface area contributed by atoms with Gasteiger partial charge in [-0.05, 0) is 42.0 Å². The number of aromatic nitrogens is 2. The van der Waals surface area contributed by atoms with Crippen molar-refractivity contribution in [3.05, 3.63) is 53.6 Å². The van der Waals surface area contributed by atoms with E-state index in [2.05, 4.69) is 10.4 Å². The molecule has 2 fully saturated rings. The molecule has 0 bridgehead atoms. The quantitative estimate of drug-likeness (QED) is 0.841. The smallest absolute Gasteiger partial charge is 0.227 e. The number of hydrogen-bond acceptors (Lipinski definition) is 4. The van der Waals surface area contributed by atoms with Gasteiger partial charge in [-0.15, -0.1) is 0 Å². The highest BCUT2D eigenvalue weighted by atomic mass is 19.1. The summed E-state index contributed by atoms with van der Waals surface area (Å²) in [5, 5.41) is 18.2. The number of rotatable bonds is 4. The van der Waals surface area contributed by atoms with E-state index in [1.54, 1.807) is 16.8 Å². The van der Waals surface area contributed by atoms with Crippen LogP contribution in [0.15, 0.2) is 36.7 Å². The summed E-state index contributed by atoms with van der Waals surface area (Å²) in [7, 11) is 1.89. The van der Waals surface area contributed by atoms with E-state index in [1.165, 1.54) is 12.1 Å². The third kappa shape index (κ3) is 3.82. The first-order valence-corrected chi connectivity index (χ1v) is 9.94. The molecule has 1 amide bonds. The van der Waals surface area contributed by atoms with Crippen LogP contribution in [0.25, 0.3) is 0 Å². The first-order valence-electron chi connectivity index (χ1n) is 9.94. The molecule has 1 aromatic carbocycles. The van der Waals surface area contributed by atoms with Crippen LogP contribution in [0.2, 0.25) is 0 Å². The molecule has 0 aliphatic carbocycles. The Bertz CT molecular complexity index is 814. The van der Waals surface area contributed by atoms with Gasteiger partial charge in [0.2, 0.25) is 5.91 Å². The molecule has 1 unspecified atom stereocenters. The van der Waals surface area contributed by atoms with E-state index < -0.39 is 6.10 Å². The summed E-state index contributed by atoms with van der Waals surface area (Å²) in [5.41, 5.74) is 1.84. The van der Waals surface area contributed by atoms with E-state index in [0.717, 1.165) is 30.5 Å². The first-order chi connectivity index (χ1) is 13.5. The standard InChI is InChI=1S/C21H27FN4O2/c1-25-13-16(10-24-25)18-11-23-12-19(18)21(28)26-8-6-15(7-9-26)20(27)14-2-4-17(22)5-3-14/h2-5,10,13,15,18-20,23,27H,6-9,11-12H2,1H3/t18-,19+,20?/m1/s1. The van der Waals surface area contributed by atoms with Crippen molar-refractivity contribution >= 4 is 5.91 Å². The zero-order valence-corrected chi connectivity index (χ0v) is 16.1. The fourth-order valence-electron chi connectivity index (χ4n) is 4.52. The number of carbonyl (C=O) groups excluding carboxylic acids is 1. The molecule has 2 aliphatic rings. The Labute approximate surface area is 164 Å². The molecule has 3 heterocycles. The van der Waals surface area contributed by atoms with Crippen molar-refractivity contribution in [3.8, 4) is 0 Å². The number of carbonyl (C=O) groups is 1. The number of nitrogens with one attached hydrogen (secondary N) is 1. The molecule has 4 rings (SSSR count). The Kier molecular flexibility index (Phi) is 5.46. The van der Waals surface area contributed by atoms with Gasteiger partial charge in [-0.25, -0.2) is 4.39 Å². The lowest BCUT2D eigenvalue weighted by molar-refractivity contribution is -0.137. The highest BCUT2D eigenvalue weighted by molar-refractivity contribution is 5.80. The van der Waals surface area contributed by atoms with Crippen LogP contribution < -0.4 is 5.32 Å². The van der Waals surface area contributed by atoms with Gasteiger partial charge >= 0.3 is 0 Å². The van der Waals surface area contributed by atoms with Crippen LogP contribution in [0.1, 0.15) is 36.0 Å². The first kappa shape index (κ1) is 19.1. The topological polar surface area (TPSA) is 70.4 Å². The minimum atomic E-state index is -0.617. The van der Waals surface area contributed by atoms with Crippen LogP contribution in [-0.4, -0.2) is 51.9 Å². The predicted octanol–water partition coefficient (Wildman–Crippen LogP) is 1.83. The van der Waals surface area contributed by atoms with E-state index in [1.807, 2.05) is 24.3 Å². The molecule has 0 spiro atoms. The minimum Gasteiger partial charge on any atom is -0.388 e. The van der Waals surface area contributed by atoms with Crippen LogP contribution in [0.4, 0.5) is 4.39 Å². The Morgan fingerprint density at radius 1 is 1.25 bits per heavy atom. The van der Waals surface area contributed by atoms with Crippen LogP contribution >= 0.6 is 0 Å². The van der Waals surface area contributed by atoms with E-state index in [4.69, 9.17) is 0 Å². The van der Waals surface area contributed by atoms with Crippen molar-refractivity contribution in [3.63, 3.8) is 0 Å². The van der Waals surface area contributed by atoms with Gasteiger partial charge in [0, 0.05) is 45.3 Å². The molecule has 2 N–H and O–H groups in total. The average Bonchev–Trinajstić information content (AvgIpc) is 3.36. The maximum absolute atomic E-state index is 13.1. The molecule has 28 heavy (non-hydrogen) atoms. The largest absolute Gasteiger partial charge is 0.388 e. The Hall–Kier alpha value is -2.25. The predicted molar refractivity (Wildman–Crippen MR) is 103 cm³/mol. The molecule has 1 aromatic heterocycles. The van der Waals surface area contributed by atoms with Gasteiger partial charge in [0.25, 0.3) is 0 Å². The number of amides is 1. The second-order valence-corrected chi connectivity index (χ2v) is 7.98. The van der Waals surface area contributed by atoms with Crippen molar-refractivity contribution < 1.29 is 14.3 Å². The second kappa shape index (κ2) is 8.01. The van der Waals surface area contributed by atoms with Crippen molar-refractivity contribution in [2.24, 2.45) is 18.9 Å². The summed E-state index contributed by atoms with van der Waals surface area (Å²) in [6.07, 6.45) is 4.73. The summed E-state index contributed by atoms with van der Waals surface area (Å²) in [4.78, 5) is 15.1. The summed E-state index contributed by atoms with van der Waals surface area (Å²) in [6, 6.07) is 6.03. The normalized spacial score (nSPS) is 24.5. The van der Waals surface area contributed by atoms with Gasteiger partial charge in [0.1, 0.15) is 5.82 Å². The van der Waals surface area contributed by atoms with E-state index in [0.29, 0.717) is 19.6 Å². The highest BCUT2D eigenvalue weighted by Gasteiger charge is 2.38. The number of aryl methyl sites for hydroxylation is 1. The molecule has 150 valence electrons. The SMILES string of the molecule is Cn1cc([C@H]2CNC[C@@H]2C(=O)N2CCC(C(O)c3ccc(F)cc3)CC2)cn1. The minimum absolute atomic E-state index is 0.0669. The number of aliphatic hydroxyl groups is 1.